The predicted molar refractivity (Wildman–Crippen MR) is 121 cm³/mol. The number of carbonyl (C=O) groups is 1. The van der Waals surface area contributed by atoms with Crippen LogP contribution in [0.5, 0.6) is 5.75 Å². The molecule has 2 N–H and O–H groups in total. The Kier molecular flexibility index (Phi) is 5.64. The molecule has 0 spiro atoms. The van der Waals surface area contributed by atoms with Gasteiger partial charge < -0.3 is 14.5 Å². The van der Waals surface area contributed by atoms with E-state index in [1.165, 1.54) is 24.3 Å². The van der Waals surface area contributed by atoms with Gasteiger partial charge >= 0.3 is 0 Å². The molecular weight excluding hydrogens is 417 g/mol. The highest BCUT2D eigenvalue weighted by atomic mass is 32.1. The summed E-state index contributed by atoms with van der Waals surface area (Å²) in [6.45, 7) is 1.91. The van der Waals surface area contributed by atoms with Crippen molar-refractivity contribution in [2.75, 3.05) is 12.4 Å². The minimum atomic E-state index is -0.431. The molecule has 4 aromatic rings. The lowest BCUT2D eigenvalue weighted by atomic mass is 10.1. The van der Waals surface area contributed by atoms with Gasteiger partial charge in [-0.15, -0.1) is 0 Å². The number of carbonyl (C=O) groups excluding carboxylic acids is 1. The summed E-state index contributed by atoms with van der Waals surface area (Å²) in [5.74, 6) is 0.301. The normalized spacial score (nSPS) is 10.7. The van der Waals surface area contributed by atoms with Gasteiger partial charge in [-0.05, 0) is 73.2 Å². The number of halogens is 1. The van der Waals surface area contributed by atoms with Crippen molar-refractivity contribution in [2.45, 2.75) is 6.92 Å². The Hall–Kier alpha value is -3.78. The standard InChI is InChI=1S/C23H18FN3O3S/c1-13-3-4-15(22-25-19-12-17(29-2)9-10-20(19)30-22)11-18(13)26-23(31)27-21(28)14-5-7-16(24)8-6-14/h3-12H,1-2H3,(H2,26,27,28,31). The van der Waals surface area contributed by atoms with Crippen LogP contribution in [-0.2, 0) is 0 Å². The van der Waals surface area contributed by atoms with Gasteiger partial charge in [0.25, 0.3) is 5.91 Å². The highest BCUT2D eigenvalue weighted by molar-refractivity contribution is 7.80. The molecule has 6 nitrogen and oxygen atoms in total. The summed E-state index contributed by atoms with van der Waals surface area (Å²) in [6, 6.07) is 16.3. The van der Waals surface area contributed by atoms with Crippen molar-refractivity contribution in [1.29, 1.82) is 0 Å². The number of anilines is 1. The van der Waals surface area contributed by atoms with Gasteiger partial charge in [0.15, 0.2) is 10.7 Å². The molecule has 0 aliphatic rings. The second-order valence-electron chi connectivity index (χ2n) is 6.80. The van der Waals surface area contributed by atoms with Crippen molar-refractivity contribution in [1.82, 2.24) is 10.3 Å². The molecule has 0 saturated heterocycles. The monoisotopic (exact) mass is 435 g/mol. The number of nitrogens with zero attached hydrogens (tertiary/aromatic N) is 1. The highest BCUT2D eigenvalue weighted by Gasteiger charge is 2.13. The minimum absolute atomic E-state index is 0.122. The first-order valence-corrected chi connectivity index (χ1v) is 9.77. The summed E-state index contributed by atoms with van der Waals surface area (Å²) in [5.41, 5.74) is 4.00. The number of aromatic nitrogens is 1. The molecule has 0 bridgehead atoms. The summed E-state index contributed by atoms with van der Waals surface area (Å²) >= 11 is 5.27. The van der Waals surface area contributed by atoms with E-state index in [0.29, 0.717) is 34.0 Å². The molecule has 0 atom stereocenters. The number of nitrogens with one attached hydrogen (secondary N) is 2. The summed E-state index contributed by atoms with van der Waals surface area (Å²) in [4.78, 5) is 16.8. The smallest absolute Gasteiger partial charge is 0.257 e. The van der Waals surface area contributed by atoms with Crippen LogP contribution in [0.15, 0.2) is 65.1 Å². The van der Waals surface area contributed by atoms with Crippen LogP contribution < -0.4 is 15.4 Å². The van der Waals surface area contributed by atoms with E-state index in [-0.39, 0.29) is 5.11 Å². The summed E-state index contributed by atoms with van der Waals surface area (Å²) < 4.78 is 24.1. The highest BCUT2D eigenvalue weighted by Crippen LogP contribution is 2.29. The van der Waals surface area contributed by atoms with Crippen LogP contribution >= 0.6 is 12.2 Å². The lowest BCUT2D eigenvalue weighted by Crippen LogP contribution is -2.34. The maximum atomic E-state index is 13.0. The first kappa shape index (κ1) is 20.5. The second-order valence-corrected chi connectivity index (χ2v) is 7.21. The van der Waals surface area contributed by atoms with Crippen LogP contribution in [0.1, 0.15) is 15.9 Å². The maximum Gasteiger partial charge on any atom is 0.257 e. The number of fused-ring (bicyclic) bond motifs is 1. The molecule has 156 valence electrons. The van der Waals surface area contributed by atoms with E-state index >= 15 is 0 Å². The van der Waals surface area contributed by atoms with Gasteiger partial charge in [0, 0.05) is 22.9 Å². The fourth-order valence-electron chi connectivity index (χ4n) is 2.98. The number of methoxy groups -OCH3 is 1. The molecule has 0 saturated carbocycles. The van der Waals surface area contributed by atoms with E-state index in [0.717, 1.165) is 11.1 Å². The Balaban J connectivity index is 1.53. The van der Waals surface area contributed by atoms with Gasteiger partial charge in [-0.3, -0.25) is 10.1 Å². The molecule has 31 heavy (non-hydrogen) atoms. The summed E-state index contributed by atoms with van der Waals surface area (Å²) in [5, 5.41) is 5.73. The molecule has 0 aliphatic carbocycles. The zero-order valence-electron chi connectivity index (χ0n) is 16.7. The van der Waals surface area contributed by atoms with Crippen LogP contribution in [0, 0.1) is 12.7 Å². The topological polar surface area (TPSA) is 76.4 Å². The third kappa shape index (κ3) is 4.54. The third-order valence-electron chi connectivity index (χ3n) is 4.66. The minimum Gasteiger partial charge on any atom is -0.497 e. The maximum absolute atomic E-state index is 13.0. The molecule has 0 unspecified atom stereocenters. The van der Waals surface area contributed by atoms with E-state index in [2.05, 4.69) is 15.6 Å². The SMILES string of the molecule is COc1ccc2oc(-c3ccc(C)c(NC(=S)NC(=O)c4ccc(F)cc4)c3)nc2c1. The lowest BCUT2D eigenvalue weighted by Gasteiger charge is -2.12. The van der Waals surface area contributed by atoms with Gasteiger partial charge in [0.05, 0.1) is 7.11 Å². The molecular formula is C23H18FN3O3S. The van der Waals surface area contributed by atoms with Crippen molar-refractivity contribution in [2.24, 2.45) is 0 Å². The van der Waals surface area contributed by atoms with Crippen LogP contribution in [0.2, 0.25) is 0 Å². The second kappa shape index (κ2) is 8.53. The van der Waals surface area contributed by atoms with E-state index in [1.807, 2.05) is 31.2 Å². The first-order valence-electron chi connectivity index (χ1n) is 9.36. The van der Waals surface area contributed by atoms with Crippen molar-refractivity contribution in [3.8, 4) is 17.2 Å². The van der Waals surface area contributed by atoms with E-state index in [1.54, 1.807) is 19.2 Å². The number of ether oxygens (including phenoxy) is 1. The lowest BCUT2D eigenvalue weighted by molar-refractivity contribution is 0.0977. The number of hydrogen-bond acceptors (Lipinski definition) is 5. The van der Waals surface area contributed by atoms with Crippen LogP contribution in [-0.4, -0.2) is 23.1 Å². The number of amides is 1. The Morgan fingerprint density at radius 1 is 1.10 bits per heavy atom. The van der Waals surface area contributed by atoms with Gasteiger partial charge in [0.1, 0.15) is 17.1 Å². The average Bonchev–Trinajstić information content (AvgIpc) is 3.19. The molecule has 0 aliphatic heterocycles. The van der Waals surface area contributed by atoms with Crippen molar-refractivity contribution in [3.05, 3.63) is 77.6 Å². The molecule has 1 aromatic heterocycles. The fraction of sp³-hybridized carbons (Fsp3) is 0.0870. The third-order valence-corrected chi connectivity index (χ3v) is 4.87. The summed E-state index contributed by atoms with van der Waals surface area (Å²) in [6.07, 6.45) is 0. The van der Waals surface area contributed by atoms with Crippen molar-refractivity contribution >= 4 is 40.0 Å². The number of hydrogen-bond donors (Lipinski definition) is 2. The molecule has 0 fully saturated rings. The molecule has 4 rings (SSSR count). The van der Waals surface area contributed by atoms with Crippen LogP contribution in [0.4, 0.5) is 10.1 Å². The number of rotatable bonds is 4. The van der Waals surface area contributed by atoms with Crippen LogP contribution in [0.3, 0.4) is 0 Å². The number of aryl methyl sites for hydroxylation is 1. The number of benzene rings is 3. The fourth-order valence-corrected chi connectivity index (χ4v) is 3.18. The van der Waals surface area contributed by atoms with Gasteiger partial charge in [-0.1, -0.05) is 6.07 Å². The van der Waals surface area contributed by atoms with Gasteiger partial charge in [-0.2, -0.15) is 0 Å². The molecule has 0 radical (unpaired) electrons. The Bertz CT molecular complexity index is 1290. The van der Waals surface area contributed by atoms with E-state index in [4.69, 9.17) is 21.4 Å². The van der Waals surface area contributed by atoms with Crippen LogP contribution in [0.25, 0.3) is 22.6 Å². The van der Waals surface area contributed by atoms with Gasteiger partial charge in [-0.25, -0.2) is 9.37 Å². The quantitative estimate of drug-likeness (QED) is 0.436. The number of thiocarbonyl (C=S) groups is 1. The molecule has 3 aromatic carbocycles. The Morgan fingerprint density at radius 2 is 1.87 bits per heavy atom. The Labute approximate surface area is 183 Å². The molecule has 1 heterocycles. The van der Waals surface area contributed by atoms with E-state index < -0.39 is 11.7 Å². The average molecular weight is 435 g/mol. The van der Waals surface area contributed by atoms with Gasteiger partial charge in [0.2, 0.25) is 5.89 Å². The zero-order valence-corrected chi connectivity index (χ0v) is 17.5. The molecule has 1 amide bonds. The van der Waals surface area contributed by atoms with Crippen molar-refractivity contribution in [3.63, 3.8) is 0 Å². The van der Waals surface area contributed by atoms with Crippen molar-refractivity contribution < 1.29 is 18.3 Å². The predicted octanol–water partition coefficient (Wildman–Crippen LogP) is 5.08. The van der Waals surface area contributed by atoms with E-state index in [9.17, 15) is 9.18 Å². The number of oxazole rings is 1. The Morgan fingerprint density at radius 3 is 2.61 bits per heavy atom. The zero-order chi connectivity index (χ0) is 22.0. The largest absolute Gasteiger partial charge is 0.497 e. The summed E-state index contributed by atoms with van der Waals surface area (Å²) in [7, 11) is 1.60. The first-order chi connectivity index (χ1) is 14.9. The molecule has 8 heteroatoms.